The summed E-state index contributed by atoms with van der Waals surface area (Å²) in [5.41, 5.74) is 0.389. The number of aliphatic hydroxyl groups is 1. The van der Waals surface area contributed by atoms with Crippen molar-refractivity contribution in [2.24, 2.45) is 11.3 Å². The molecule has 1 fully saturated rings. The molecule has 3 nitrogen and oxygen atoms in total. The van der Waals surface area contributed by atoms with Crippen LogP contribution in [0.4, 0.5) is 0 Å². The van der Waals surface area contributed by atoms with Crippen LogP contribution in [0.5, 0.6) is 0 Å². The molecule has 0 radical (unpaired) electrons. The second-order valence-corrected chi connectivity index (χ2v) is 6.19. The van der Waals surface area contributed by atoms with E-state index in [9.17, 15) is 0 Å². The fraction of sp³-hybridized carbons (Fsp3) is 1.00. The first-order valence-electron chi connectivity index (χ1n) is 6.39. The highest BCUT2D eigenvalue weighted by atomic mass is 16.5. The highest BCUT2D eigenvalue weighted by Gasteiger charge is 2.27. The molecule has 1 aliphatic heterocycles. The Bertz CT molecular complexity index is 201. The lowest BCUT2D eigenvalue weighted by Crippen LogP contribution is -2.34. The molecule has 0 aromatic heterocycles. The van der Waals surface area contributed by atoms with E-state index in [2.05, 4.69) is 32.6 Å². The van der Waals surface area contributed by atoms with Gasteiger partial charge in [0, 0.05) is 13.1 Å². The first-order chi connectivity index (χ1) is 7.42. The number of nitrogens with zero attached hydrogens (tertiary/aromatic N) is 1. The lowest BCUT2D eigenvalue weighted by Gasteiger charge is -2.28. The van der Waals surface area contributed by atoms with Crippen molar-refractivity contribution in [2.75, 3.05) is 26.3 Å². The van der Waals surface area contributed by atoms with Gasteiger partial charge in [0.2, 0.25) is 0 Å². The van der Waals surface area contributed by atoms with Gasteiger partial charge in [-0.15, -0.1) is 0 Å². The van der Waals surface area contributed by atoms with Crippen LogP contribution in [0.25, 0.3) is 0 Å². The van der Waals surface area contributed by atoms with Gasteiger partial charge in [-0.25, -0.2) is 0 Å². The number of rotatable bonds is 5. The molecule has 0 aromatic rings. The molecule has 2 atom stereocenters. The van der Waals surface area contributed by atoms with E-state index < -0.39 is 0 Å². The lowest BCUT2D eigenvalue weighted by molar-refractivity contribution is 0.00618. The average Bonchev–Trinajstić information content (AvgIpc) is 2.50. The van der Waals surface area contributed by atoms with Crippen molar-refractivity contribution in [1.29, 1.82) is 0 Å². The first kappa shape index (κ1) is 13.9. The quantitative estimate of drug-likeness (QED) is 0.783. The van der Waals surface area contributed by atoms with Gasteiger partial charge < -0.3 is 9.84 Å². The number of hydrogen-bond acceptors (Lipinski definition) is 3. The van der Waals surface area contributed by atoms with Crippen LogP contribution in [0.1, 0.15) is 40.5 Å². The molecular weight excluding hydrogens is 202 g/mol. The van der Waals surface area contributed by atoms with Crippen LogP contribution in [0.2, 0.25) is 0 Å². The normalized spacial score (nSPS) is 24.9. The van der Waals surface area contributed by atoms with Crippen molar-refractivity contribution < 1.29 is 9.84 Å². The molecule has 2 unspecified atom stereocenters. The molecule has 0 amide bonds. The molecular formula is C13H27NO2. The van der Waals surface area contributed by atoms with Crippen LogP contribution in [-0.4, -0.2) is 42.5 Å². The van der Waals surface area contributed by atoms with Crippen molar-refractivity contribution in [3.63, 3.8) is 0 Å². The summed E-state index contributed by atoms with van der Waals surface area (Å²) in [4.78, 5) is 2.25. The largest absolute Gasteiger partial charge is 0.395 e. The average molecular weight is 229 g/mol. The van der Waals surface area contributed by atoms with Gasteiger partial charge in [-0.2, -0.15) is 0 Å². The SMILES string of the molecule is CC(CC1OCCN1CCO)CC(C)(C)C. The van der Waals surface area contributed by atoms with E-state index in [0.29, 0.717) is 11.3 Å². The van der Waals surface area contributed by atoms with Crippen molar-refractivity contribution in [3.8, 4) is 0 Å². The van der Waals surface area contributed by atoms with Crippen LogP contribution in [-0.2, 0) is 4.74 Å². The molecule has 1 saturated heterocycles. The van der Waals surface area contributed by atoms with E-state index in [4.69, 9.17) is 9.84 Å². The fourth-order valence-electron chi connectivity index (χ4n) is 2.63. The maximum Gasteiger partial charge on any atom is 0.111 e. The number of ether oxygens (including phenoxy) is 1. The summed E-state index contributed by atoms with van der Waals surface area (Å²) >= 11 is 0. The molecule has 0 saturated carbocycles. The van der Waals surface area contributed by atoms with Crippen LogP contribution in [0.3, 0.4) is 0 Å². The summed E-state index contributed by atoms with van der Waals surface area (Å²) in [6.07, 6.45) is 2.53. The van der Waals surface area contributed by atoms with E-state index in [0.717, 1.165) is 26.1 Å². The molecule has 1 heterocycles. The zero-order valence-corrected chi connectivity index (χ0v) is 11.2. The smallest absolute Gasteiger partial charge is 0.111 e. The third kappa shape index (κ3) is 4.81. The van der Waals surface area contributed by atoms with Crippen molar-refractivity contribution in [1.82, 2.24) is 4.90 Å². The topological polar surface area (TPSA) is 32.7 Å². The van der Waals surface area contributed by atoms with Gasteiger partial charge in [0.1, 0.15) is 6.23 Å². The highest BCUT2D eigenvalue weighted by Crippen LogP contribution is 2.28. The standard InChI is InChI=1S/C13H27NO2/c1-11(10-13(2,3)4)9-12-14(5-7-15)6-8-16-12/h11-12,15H,5-10H2,1-4H3. The minimum Gasteiger partial charge on any atom is -0.395 e. The molecule has 1 N–H and O–H groups in total. The molecule has 3 heteroatoms. The number of hydrogen-bond donors (Lipinski definition) is 1. The highest BCUT2D eigenvalue weighted by molar-refractivity contribution is 4.74. The summed E-state index contributed by atoms with van der Waals surface area (Å²) in [6.45, 7) is 11.9. The molecule has 0 aromatic carbocycles. The molecule has 0 spiro atoms. The zero-order valence-electron chi connectivity index (χ0n) is 11.2. The van der Waals surface area contributed by atoms with Gasteiger partial charge in [-0.1, -0.05) is 27.7 Å². The van der Waals surface area contributed by atoms with Crippen molar-refractivity contribution in [2.45, 2.75) is 46.8 Å². The molecule has 16 heavy (non-hydrogen) atoms. The van der Waals surface area contributed by atoms with Gasteiger partial charge in [-0.05, 0) is 24.2 Å². The lowest BCUT2D eigenvalue weighted by atomic mass is 9.84. The maximum atomic E-state index is 8.97. The van der Waals surface area contributed by atoms with E-state index in [1.807, 2.05) is 0 Å². The molecule has 1 rings (SSSR count). The molecule has 96 valence electrons. The van der Waals surface area contributed by atoms with Gasteiger partial charge in [-0.3, -0.25) is 4.90 Å². The maximum absolute atomic E-state index is 8.97. The Morgan fingerprint density at radius 2 is 2.12 bits per heavy atom. The van der Waals surface area contributed by atoms with Gasteiger partial charge in [0.05, 0.1) is 13.2 Å². The summed E-state index contributed by atoms with van der Waals surface area (Å²) in [5, 5.41) is 8.97. The van der Waals surface area contributed by atoms with E-state index >= 15 is 0 Å². The van der Waals surface area contributed by atoms with Gasteiger partial charge >= 0.3 is 0 Å². The minimum absolute atomic E-state index is 0.226. The van der Waals surface area contributed by atoms with Crippen LogP contribution in [0.15, 0.2) is 0 Å². The fourth-order valence-corrected chi connectivity index (χ4v) is 2.63. The molecule has 1 aliphatic rings. The Morgan fingerprint density at radius 1 is 1.44 bits per heavy atom. The second-order valence-electron chi connectivity index (χ2n) is 6.19. The third-order valence-electron chi connectivity index (χ3n) is 3.05. The second kappa shape index (κ2) is 5.99. The Balaban J connectivity index is 2.35. The van der Waals surface area contributed by atoms with E-state index in [1.54, 1.807) is 0 Å². The van der Waals surface area contributed by atoms with Crippen LogP contribution >= 0.6 is 0 Å². The number of β-amino-alcohol motifs (C(OH)–C–C–N with tert-alkyl or cyclic N) is 1. The first-order valence-corrected chi connectivity index (χ1v) is 6.39. The molecule has 0 bridgehead atoms. The minimum atomic E-state index is 0.226. The summed E-state index contributed by atoms with van der Waals surface area (Å²) in [6, 6.07) is 0. The Kier molecular flexibility index (Phi) is 5.22. The zero-order chi connectivity index (χ0) is 12.2. The number of aliphatic hydroxyl groups excluding tert-OH is 1. The van der Waals surface area contributed by atoms with Crippen LogP contribution in [0, 0.1) is 11.3 Å². The van der Waals surface area contributed by atoms with Crippen molar-refractivity contribution in [3.05, 3.63) is 0 Å². The predicted molar refractivity (Wildman–Crippen MR) is 66.3 cm³/mol. The van der Waals surface area contributed by atoms with Crippen LogP contribution < -0.4 is 0 Å². The van der Waals surface area contributed by atoms with Gasteiger partial charge in [0.25, 0.3) is 0 Å². The third-order valence-corrected chi connectivity index (χ3v) is 3.05. The summed E-state index contributed by atoms with van der Waals surface area (Å²) in [7, 11) is 0. The Morgan fingerprint density at radius 3 is 2.69 bits per heavy atom. The monoisotopic (exact) mass is 229 g/mol. The summed E-state index contributed by atoms with van der Waals surface area (Å²) in [5.74, 6) is 0.671. The van der Waals surface area contributed by atoms with E-state index in [-0.39, 0.29) is 12.8 Å². The van der Waals surface area contributed by atoms with Gasteiger partial charge in [0.15, 0.2) is 0 Å². The summed E-state index contributed by atoms with van der Waals surface area (Å²) < 4.78 is 5.72. The Hall–Kier alpha value is -0.120. The predicted octanol–water partition coefficient (Wildman–Crippen LogP) is 2.10. The van der Waals surface area contributed by atoms with Crippen molar-refractivity contribution >= 4 is 0 Å². The Labute approximate surface area is 99.8 Å². The molecule has 0 aliphatic carbocycles. The van der Waals surface area contributed by atoms with E-state index in [1.165, 1.54) is 6.42 Å².